The first-order valence-corrected chi connectivity index (χ1v) is 6.57. The predicted octanol–water partition coefficient (Wildman–Crippen LogP) is 2.54. The summed E-state index contributed by atoms with van der Waals surface area (Å²) in [5, 5.41) is 0.659. The fourth-order valence-corrected chi connectivity index (χ4v) is 2.98. The minimum atomic E-state index is 0.548. The number of hydrogen-bond acceptors (Lipinski definition) is 3. The van der Waals surface area contributed by atoms with Crippen LogP contribution in [0.1, 0.15) is 17.3 Å². The van der Waals surface area contributed by atoms with Crippen LogP contribution in [0.3, 0.4) is 0 Å². The summed E-state index contributed by atoms with van der Waals surface area (Å²) < 4.78 is 0. The van der Waals surface area contributed by atoms with E-state index in [9.17, 15) is 4.79 Å². The molecule has 18 heavy (non-hydrogen) atoms. The zero-order valence-electron chi connectivity index (χ0n) is 11.1. The molecule has 2 atom stereocenters. The van der Waals surface area contributed by atoms with Crippen molar-refractivity contribution in [1.29, 1.82) is 0 Å². The Morgan fingerprint density at radius 2 is 2.11 bits per heavy atom. The van der Waals surface area contributed by atoms with E-state index in [0.717, 1.165) is 25.1 Å². The van der Waals surface area contributed by atoms with Crippen molar-refractivity contribution < 1.29 is 4.79 Å². The van der Waals surface area contributed by atoms with Crippen LogP contribution in [0, 0.1) is 5.92 Å². The van der Waals surface area contributed by atoms with E-state index in [4.69, 9.17) is 11.6 Å². The standard InChI is InChI=1S/C14H19ClN2O/c1-10-7-17(8-14(10)16(2)3)13-5-4-11(9-18)6-12(13)15/h4-6,9-10,14H,7-8H2,1-3H3. The molecule has 0 saturated carbocycles. The molecule has 3 nitrogen and oxygen atoms in total. The zero-order valence-corrected chi connectivity index (χ0v) is 11.8. The van der Waals surface area contributed by atoms with Crippen LogP contribution in [0.5, 0.6) is 0 Å². The van der Waals surface area contributed by atoms with Crippen molar-refractivity contribution in [2.24, 2.45) is 5.92 Å². The summed E-state index contributed by atoms with van der Waals surface area (Å²) in [6.07, 6.45) is 0.824. The van der Waals surface area contributed by atoms with Gasteiger partial charge in [-0.05, 0) is 38.2 Å². The summed E-state index contributed by atoms with van der Waals surface area (Å²) in [6, 6.07) is 6.04. The van der Waals surface area contributed by atoms with Crippen LogP contribution in [-0.4, -0.2) is 44.4 Å². The monoisotopic (exact) mass is 266 g/mol. The molecule has 0 spiro atoms. The Morgan fingerprint density at radius 3 is 2.61 bits per heavy atom. The summed E-state index contributed by atoms with van der Waals surface area (Å²) in [4.78, 5) is 15.3. The Kier molecular flexibility index (Phi) is 3.93. The van der Waals surface area contributed by atoms with Gasteiger partial charge in [-0.15, -0.1) is 0 Å². The molecule has 0 N–H and O–H groups in total. The lowest BCUT2D eigenvalue weighted by atomic mass is 10.1. The molecule has 0 aromatic heterocycles. The molecule has 98 valence electrons. The van der Waals surface area contributed by atoms with Gasteiger partial charge in [-0.25, -0.2) is 0 Å². The van der Waals surface area contributed by atoms with Gasteiger partial charge in [-0.2, -0.15) is 0 Å². The molecule has 1 heterocycles. The molecular formula is C14H19ClN2O. The fourth-order valence-electron chi connectivity index (χ4n) is 2.67. The quantitative estimate of drug-likeness (QED) is 0.786. The van der Waals surface area contributed by atoms with Gasteiger partial charge in [-0.3, -0.25) is 4.79 Å². The maximum absolute atomic E-state index is 10.7. The lowest BCUT2D eigenvalue weighted by Gasteiger charge is -2.23. The van der Waals surface area contributed by atoms with Gasteiger partial charge >= 0.3 is 0 Å². The molecule has 2 unspecified atom stereocenters. The van der Waals surface area contributed by atoms with Crippen LogP contribution in [0.2, 0.25) is 5.02 Å². The van der Waals surface area contributed by atoms with Crippen molar-refractivity contribution >= 4 is 23.6 Å². The molecule has 2 rings (SSSR count). The van der Waals surface area contributed by atoms with Gasteiger partial charge in [0.25, 0.3) is 0 Å². The molecule has 0 bridgehead atoms. The van der Waals surface area contributed by atoms with E-state index in [1.165, 1.54) is 0 Å². The van der Waals surface area contributed by atoms with Crippen LogP contribution in [-0.2, 0) is 0 Å². The van der Waals surface area contributed by atoms with Gasteiger partial charge in [0.15, 0.2) is 0 Å². The normalized spacial score (nSPS) is 23.7. The molecule has 0 aliphatic carbocycles. The third-order valence-electron chi connectivity index (χ3n) is 3.68. The molecule has 1 saturated heterocycles. The number of halogens is 1. The molecule has 1 fully saturated rings. The summed E-state index contributed by atoms with van der Waals surface area (Å²) in [6.45, 7) is 4.25. The van der Waals surface area contributed by atoms with Crippen LogP contribution < -0.4 is 4.90 Å². The highest BCUT2D eigenvalue weighted by Crippen LogP contribution is 2.32. The molecular weight excluding hydrogens is 248 g/mol. The van der Waals surface area contributed by atoms with Gasteiger partial charge in [0.05, 0.1) is 10.7 Å². The highest BCUT2D eigenvalue weighted by atomic mass is 35.5. The summed E-state index contributed by atoms with van der Waals surface area (Å²) >= 11 is 6.25. The van der Waals surface area contributed by atoms with Gasteiger partial charge in [0.2, 0.25) is 0 Å². The molecule has 0 radical (unpaired) electrons. The van der Waals surface area contributed by atoms with E-state index in [1.807, 2.05) is 12.1 Å². The van der Waals surface area contributed by atoms with Crippen molar-refractivity contribution in [2.45, 2.75) is 13.0 Å². The molecule has 1 aromatic rings. The van der Waals surface area contributed by atoms with Crippen LogP contribution >= 0.6 is 11.6 Å². The van der Waals surface area contributed by atoms with Gasteiger partial charge in [-0.1, -0.05) is 18.5 Å². The number of hydrogen-bond donors (Lipinski definition) is 0. The van der Waals surface area contributed by atoms with Crippen molar-refractivity contribution in [3.05, 3.63) is 28.8 Å². The molecule has 0 amide bonds. The third-order valence-corrected chi connectivity index (χ3v) is 3.99. The lowest BCUT2D eigenvalue weighted by Crippen LogP contribution is -2.34. The van der Waals surface area contributed by atoms with E-state index < -0.39 is 0 Å². The van der Waals surface area contributed by atoms with E-state index in [-0.39, 0.29) is 0 Å². The minimum Gasteiger partial charge on any atom is -0.368 e. The Balaban J connectivity index is 2.21. The van der Waals surface area contributed by atoms with E-state index >= 15 is 0 Å². The number of carbonyl (C=O) groups is 1. The summed E-state index contributed by atoms with van der Waals surface area (Å²) in [7, 11) is 4.23. The second-order valence-corrected chi connectivity index (χ2v) is 5.65. The predicted molar refractivity (Wildman–Crippen MR) is 75.7 cm³/mol. The average Bonchev–Trinajstić information content (AvgIpc) is 2.71. The van der Waals surface area contributed by atoms with E-state index in [0.29, 0.717) is 22.5 Å². The van der Waals surface area contributed by atoms with Crippen molar-refractivity contribution in [1.82, 2.24) is 4.90 Å². The first-order chi connectivity index (χ1) is 8.52. The maximum Gasteiger partial charge on any atom is 0.150 e. The largest absolute Gasteiger partial charge is 0.368 e. The molecule has 1 aliphatic heterocycles. The second-order valence-electron chi connectivity index (χ2n) is 5.24. The van der Waals surface area contributed by atoms with Crippen LogP contribution in [0.4, 0.5) is 5.69 Å². The number of nitrogens with zero attached hydrogens (tertiary/aromatic N) is 2. The number of carbonyl (C=O) groups excluding carboxylic acids is 1. The lowest BCUT2D eigenvalue weighted by molar-refractivity contribution is 0.112. The fraction of sp³-hybridized carbons (Fsp3) is 0.500. The summed E-state index contributed by atoms with van der Waals surface area (Å²) in [5.74, 6) is 0.613. The highest BCUT2D eigenvalue weighted by molar-refractivity contribution is 6.33. The van der Waals surface area contributed by atoms with Gasteiger partial charge < -0.3 is 9.80 Å². The first-order valence-electron chi connectivity index (χ1n) is 6.19. The van der Waals surface area contributed by atoms with E-state index in [2.05, 4.69) is 30.8 Å². The van der Waals surface area contributed by atoms with Crippen LogP contribution in [0.15, 0.2) is 18.2 Å². The first kappa shape index (κ1) is 13.4. The second kappa shape index (κ2) is 5.29. The Morgan fingerprint density at radius 1 is 1.39 bits per heavy atom. The Hall–Kier alpha value is -1.06. The SMILES string of the molecule is CC1CN(c2ccc(C=O)cc2Cl)CC1N(C)C. The Labute approximate surface area is 113 Å². The minimum absolute atomic E-state index is 0.548. The number of likely N-dealkylation sites (N-methyl/N-ethyl adjacent to an activating group) is 1. The number of benzene rings is 1. The Bertz CT molecular complexity index is 447. The van der Waals surface area contributed by atoms with Crippen molar-refractivity contribution in [3.63, 3.8) is 0 Å². The maximum atomic E-state index is 10.7. The van der Waals surface area contributed by atoms with E-state index in [1.54, 1.807) is 6.07 Å². The van der Waals surface area contributed by atoms with Crippen molar-refractivity contribution in [3.8, 4) is 0 Å². The average molecular weight is 267 g/mol. The number of anilines is 1. The van der Waals surface area contributed by atoms with Gasteiger partial charge in [0, 0.05) is 24.7 Å². The smallest absolute Gasteiger partial charge is 0.150 e. The molecule has 4 heteroatoms. The van der Waals surface area contributed by atoms with Gasteiger partial charge in [0.1, 0.15) is 6.29 Å². The molecule has 1 aromatic carbocycles. The zero-order chi connectivity index (χ0) is 13.3. The summed E-state index contributed by atoms with van der Waals surface area (Å²) in [5.41, 5.74) is 1.65. The van der Waals surface area contributed by atoms with Crippen LogP contribution in [0.25, 0.3) is 0 Å². The third kappa shape index (κ3) is 2.52. The van der Waals surface area contributed by atoms with Crippen molar-refractivity contribution in [2.75, 3.05) is 32.1 Å². The number of aldehydes is 1. The molecule has 1 aliphatic rings. The topological polar surface area (TPSA) is 23.6 Å². The number of rotatable bonds is 3. The highest BCUT2D eigenvalue weighted by Gasteiger charge is 2.31.